The van der Waals surface area contributed by atoms with Gasteiger partial charge in [0.2, 0.25) is 0 Å². The highest BCUT2D eigenvalue weighted by Gasteiger charge is 2.30. The molecule has 2 nitrogen and oxygen atoms in total. The average molecular weight is 181 g/mol. The molecule has 1 aromatic heterocycles. The van der Waals surface area contributed by atoms with E-state index in [-0.39, 0.29) is 17.8 Å². The van der Waals surface area contributed by atoms with Crippen molar-refractivity contribution >= 4 is 0 Å². The van der Waals surface area contributed by atoms with Crippen LogP contribution in [0.5, 0.6) is 5.88 Å². The zero-order valence-corrected chi connectivity index (χ0v) is 7.53. The van der Waals surface area contributed by atoms with E-state index in [0.717, 1.165) is 0 Å². The van der Waals surface area contributed by atoms with Crippen molar-refractivity contribution in [1.29, 1.82) is 0 Å². The Morgan fingerprint density at radius 2 is 2.38 bits per heavy atom. The van der Waals surface area contributed by atoms with E-state index in [1.807, 2.05) is 6.92 Å². The highest BCUT2D eigenvalue weighted by atomic mass is 19.1. The molecule has 1 fully saturated rings. The van der Waals surface area contributed by atoms with Crippen LogP contribution in [0.2, 0.25) is 0 Å². The molecule has 70 valence electrons. The Hall–Kier alpha value is -1.12. The van der Waals surface area contributed by atoms with Gasteiger partial charge in [-0.15, -0.1) is 0 Å². The fourth-order valence-electron chi connectivity index (χ4n) is 1.30. The van der Waals surface area contributed by atoms with E-state index >= 15 is 0 Å². The first kappa shape index (κ1) is 8.48. The first-order chi connectivity index (χ1) is 6.27. The maximum atomic E-state index is 13.0. The fourth-order valence-corrected chi connectivity index (χ4v) is 1.30. The van der Waals surface area contributed by atoms with Gasteiger partial charge < -0.3 is 4.74 Å². The van der Waals surface area contributed by atoms with Crippen LogP contribution in [-0.2, 0) is 0 Å². The van der Waals surface area contributed by atoms with Crippen molar-refractivity contribution in [1.82, 2.24) is 4.98 Å². The van der Waals surface area contributed by atoms with Crippen LogP contribution < -0.4 is 4.74 Å². The second-order valence-electron chi connectivity index (χ2n) is 3.45. The van der Waals surface area contributed by atoms with Crippen LogP contribution >= 0.6 is 0 Å². The van der Waals surface area contributed by atoms with Crippen molar-refractivity contribution in [3.63, 3.8) is 0 Å². The Morgan fingerprint density at radius 3 is 3.00 bits per heavy atom. The second-order valence-corrected chi connectivity index (χ2v) is 3.45. The molecule has 0 radical (unpaired) electrons. The summed E-state index contributed by atoms with van der Waals surface area (Å²) in [4.78, 5) is 3.83. The molecule has 13 heavy (non-hydrogen) atoms. The average Bonchev–Trinajstić information content (AvgIpc) is 2.91. The van der Waals surface area contributed by atoms with E-state index in [1.54, 1.807) is 6.07 Å². The Morgan fingerprint density at radius 1 is 1.62 bits per heavy atom. The summed E-state index contributed by atoms with van der Waals surface area (Å²) in [5.74, 6) is 0.346. The number of rotatable bonds is 3. The van der Waals surface area contributed by atoms with Gasteiger partial charge in [-0.1, -0.05) is 0 Å². The zero-order chi connectivity index (χ0) is 9.26. The van der Waals surface area contributed by atoms with Crippen molar-refractivity contribution in [3.05, 3.63) is 24.1 Å². The Labute approximate surface area is 76.7 Å². The lowest BCUT2D eigenvalue weighted by Crippen LogP contribution is -2.15. The van der Waals surface area contributed by atoms with Crippen LogP contribution in [0.4, 0.5) is 4.39 Å². The minimum Gasteiger partial charge on any atom is -0.472 e. The lowest BCUT2D eigenvalue weighted by Gasteiger charge is -2.12. The largest absolute Gasteiger partial charge is 0.472 e. The van der Waals surface area contributed by atoms with E-state index < -0.39 is 0 Å². The third-order valence-corrected chi connectivity index (χ3v) is 2.31. The van der Waals surface area contributed by atoms with Crippen LogP contribution in [-0.4, -0.2) is 11.1 Å². The normalized spacial score (nSPS) is 18.3. The zero-order valence-electron chi connectivity index (χ0n) is 7.53. The maximum absolute atomic E-state index is 13.0. The number of halogens is 1. The van der Waals surface area contributed by atoms with Gasteiger partial charge in [-0.3, -0.25) is 0 Å². The summed E-state index contributed by atoms with van der Waals surface area (Å²) in [5, 5.41) is 0. The molecule has 0 aliphatic heterocycles. The molecule has 3 heteroatoms. The SMILES string of the molecule is CC(Oc1ncccc1F)C1CC1. The van der Waals surface area contributed by atoms with Gasteiger partial charge in [0.1, 0.15) is 6.10 Å². The number of pyridine rings is 1. The number of nitrogens with zero attached hydrogens (tertiary/aromatic N) is 1. The minimum atomic E-state index is -0.380. The summed E-state index contributed by atoms with van der Waals surface area (Å²) >= 11 is 0. The molecule has 0 N–H and O–H groups in total. The van der Waals surface area contributed by atoms with Crippen molar-refractivity contribution in [3.8, 4) is 5.88 Å². The van der Waals surface area contributed by atoms with Crippen molar-refractivity contribution in [2.24, 2.45) is 5.92 Å². The lowest BCUT2D eigenvalue weighted by atomic mass is 10.3. The molecule has 1 aliphatic rings. The van der Waals surface area contributed by atoms with E-state index in [4.69, 9.17) is 4.74 Å². The van der Waals surface area contributed by atoms with E-state index in [2.05, 4.69) is 4.98 Å². The summed E-state index contributed by atoms with van der Waals surface area (Å²) in [6.07, 6.45) is 4.01. The van der Waals surface area contributed by atoms with Gasteiger partial charge in [0.05, 0.1) is 0 Å². The predicted molar refractivity (Wildman–Crippen MR) is 47.0 cm³/mol. The van der Waals surface area contributed by atoms with Crippen molar-refractivity contribution < 1.29 is 9.13 Å². The molecule has 1 aliphatic carbocycles. The van der Waals surface area contributed by atoms with Crippen LogP contribution in [0, 0.1) is 11.7 Å². The standard InChI is InChI=1S/C10H12FNO/c1-7(8-4-5-8)13-10-9(11)3-2-6-12-10/h2-3,6-8H,4-5H2,1H3. The van der Waals surface area contributed by atoms with Crippen molar-refractivity contribution in [2.75, 3.05) is 0 Å². The van der Waals surface area contributed by atoms with Gasteiger partial charge in [-0.05, 0) is 37.8 Å². The third kappa shape index (κ3) is 1.97. The highest BCUT2D eigenvalue weighted by Crippen LogP contribution is 2.34. The van der Waals surface area contributed by atoms with Crippen LogP contribution in [0.25, 0.3) is 0 Å². The number of hydrogen-bond acceptors (Lipinski definition) is 2. The van der Waals surface area contributed by atoms with Crippen LogP contribution in [0.15, 0.2) is 18.3 Å². The number of ether oxygens (including phenoxy) is 1. The molecule has 2 rings (SSSR count). The molecule has 0 amide bonds. The Bertz CT molecular complexity index is 299. The molecular weight excluding hydrogens is 169 g/mol. The summed E-state index contributed by atoms with van der Waals surface area (Å²) in [6.45, 7) is 1.96. The van der Waals surface area contributed by atoms with Gasteiger partial charge >= 0.3 is 0 Å². The monoisotopic (exact) mass is 181 g/mol. The molecule has 1 heterocycles. The van der Waals surface area contributed by atoms with Crippen LogP contribution in [0.1, 0.15) is 19.8 Å². The first-order valence-corrected chi connectivity index (χ1v) is 4.54. The van der Waals surface area contributed by atoms with E-state index in [0.29, 0.717) is 5.92 Å². The van der Waals surface area contributed by atoms with E-state index in [9.17, 15) is 4.39 Å². The summed E-state index contributed by atoms with van der Waals surface area (Å²) < 4.78 is 18.4. The molecule has 0 spiro atoms. The molecule has 1 unspecified atom stereocenters. The highest BCUT2D eigenvalue weighted by molar-refractivity contribution is 5.13. The smallest absolute Gasteiger partial charge is 0.250 e. The third-order valence-electron chi connectivity index (χ3n) is 2.31. The quantitative estimate of drug-likeness (QED) is 0.714. The molecular formula is C10H12FNO. The van der Waals surface area contributed by atoms with Crippen LogP contribution in [0.3, 0.4) is 0 Å². The Kier molecular flexibility index (Phi) is 2.17. The van der Waals surface area contributed by atoms with Gasteiger partial charge in [-0.25, -0.2) is 9.37 Å². The fraction of sp³-hybridized carbons (Fsp3) is 0.500. The van der Waals surface area contributed by atoms with Gasteiger partial charge in [0.25, 0.3) is 5.88 Å². The van der Waals surface area contributed by atoms with Crippen molar-refractivity contribution in [2.45, 2.75) is 25.9 Å². The summed E-state index contributed by atoms with van der Waals surface area (Å²) in [7, 11) is 0. The first-order valence-electron chi connectivity index (χ1n) is 4.54. The van der Waals surface area contributed by atoms with Gasteiger partial charge in [0, 0.05) is 6.20 Å². The second kappa shape index (κ2) is 3.32. The molecule has 0 aromatic carbocycles. The summed E-state index contributed by atoms with van der Waals surface area (Å²) in [6, 6.07) is 2.92. The maximum Gasteiger partial charge on any atom is 0.250 e. The minimum absolute atomic E-state index is 0.0874. The molecule has 1 atom stereocenters. The number of hydrogen-bond donors (Lipinski definition) is 0. The topological polar surface area (TPSA) is 22.1 Å². The lowest BCUT2D eigenvalue weighted by molar-refractivity contribution is 0.181. The molecule has 1 aromatic rings. The van der Waals surface area contributed by atoms with E-state index in [1.165, 1.54) is 25.1 Å². The Balaban J connectivity index is 2.03. The predicted octanol–water partition coefficient (Wildman–Crippen LogP) is 2.40. The molecule has 0 bridgehead atoms. The summed E-state index contributed by atoms with van der Waals surface area (Å²) in [5.41, 5.74) is 0. The number of aromatic nitrogens is 1. The molecule has 1 saturated carbocycles. The van der Waals surface area contributed by atoms with Gasteiger partial charge in [-0.2, -0.15) is 0 Å². The van der Waals surface area contributed by atoms with Gasteiger partial charge in [0.15, 0.2) is 5.82 Å². The molecule has 0 saturated heterocycles.